The van der Waals surface area contributed by atoms with Crippen LogP contribution < -0.4 is 10.6 Å². The molecule has 1 aliphatic heterocycles. The highest BCUT2D eigenvalue weighted by Crippen LogP contribution is 2.25. The molecule has 0 bridgehead atoms. The van der Waals surface area contributed by atoms with Crippen LogP contribution in [0.25, 0.3) is 11.4 Å². The Hall–Kier alpha value is -2.75. The fourth-order valence-corrected chi connectivity index (χ4v) is 4.41. The summed E-state index contributed by atoms with van der Waals surface area (Å²) in [5.41, 5.74) is 2.16. The molecule has 4 rings (SSSR count). The Bertz CT molecular complexity index is 921. The van der Waals surface area contributed by atoms with Gasteiger partial charge in [-0.25, -0.2) is 4.98 Å². The summed E-state index contributed by atoms with van der Waals surface area (Å²) in [6.07, 6.45) is 1.52. The maximum absolute atomic E-state index is 5.53. The third-order valence-corrected chi connectivity index (χ3v) is 6.09. The minimum Gasteiger partial charge on any atom is -0.379 e. The van der Waals surface area contributed by atoms with Gasteiger partial charge in [0.05, 0.1) is 19.3 Å². The van der Waals surface area contributed by atoms with Gasteiger partial charge in [0.2, 0.25) is 0 Å². The molecule has 0 amide bonds. The number of nitrogens with one attached hydrogen (secondary N) is 3. The first kappa shape index (κ1) is 20.5. The first-order chi connectivity index (χ1) is 14.8. The largest absolute Gasteiger partial charge is 0.379 e. The lowest BCUT2D eigenvalue weighted by molar-refractivity contribution is 0.0177. The summed E-state index contributed by atoms with van der Waals surface area (Å²) in [4.78, 5) is 12.5. The van der Waals surface area contributed by atoms with E-state index in [-0.39, 0.29) is 0 Å². The van der Waals surface area contributed by atoms with E-state index >= 15 is 0 Å². The van der Waals surface area contributed by atoms with Gasteiger partial charge < -0.3 is 15.4 Å². The van der Waals surface area contributed by atoms with Crippen LogP contribution in [-0.4, -0.2) is 65.9 Å². The number of aliphatic imine (C=N–C) groups is 1. The van der Waals surface area contributed by atoms with Crippen molar-refractivity contribution in [3.63, 3.8) is 0 Å². The highest BCUT2D eigenvalue weighted by molar-refractivity contribution is 7.10. The first-order valence-corrected chi connectivity index (χ1v) is 11.0. The fourth-order valence-electron chi connectivity index (χ4n) is 3.55. The van der Waals surface area contributed by atoms with E-state index in [4.69, 9.17) is 4.74 Å². The second kappa shape index (κ2) is 10.3. The number of H-pyrrole nitrogens is 1. The second-order valence-corrected chi connectivity index (χ2v) is 8.00. The molecule has 3 heterocycles. The predicted octanol–water partition coefficient (Wildman–Crippen LogP) is 2.27. The van der Waals surface area contributed by atoms with Gasteiger partial charge in [-0.2, -0.15) is 5.10 Å². The predicted molar refractivity (Wildman–Crippen MR) is 119 cm³/mol. The monoisotopic (exact) mass is 425 g/mol. The SMILES string of the molecule is CN=C(NCc1cccc(-c2ncn[nH]2)c1)NCC(c1cccs1)N1CCOCC1. The molecule has 1 unspecified atom stereocenters. The lowest BCUT2D eigenvalue weighted by Crippen LogP contribution is -2.46. The lowest BCUT2D eigenvalue weighted by atomic mass is 10.1. The number of aromatic amines is 1. The number of thiophene rings is 1. The van der Waals surface area contributed by atoms with E-state index in [1.807, 2.05) is 12.1 Å². The standard InChI is InChI=1S/C21H27N7OS/c1-22-21(23-13-16-4-2-5-17(12-16)20-25-15-26-27-20)24-14-18(19-6-3-11-30-19)28-7-9-29-10-8-28/h2-6,11-12,15,18H,7-10,13-14H2,1H3,(H2,22,23,24)(H,25,26,27). The summed E-state index contributed by atoms with van der Waals surface area (Å²) >= 11 is 1.80. The van der Waals surface area contributed by atoms with Gasteiger partial charge in [-0.05, 0) is 23.1 Å². The van der Waals surface area contributed by atoms with E-state index in [1.54, 1.807) is 18.4 Å². The van der Waals surface area contributed by atoms with Gasteiger partial charge >= 0.3 is 0 Å². The minimum absolute atomic E-state index is 0.308. The summed E-state index contributed by atoms with van der Waals surface area (Å²) in [7, 11) is 1.80. The zero-order chi connectivity index (χ0) is 20.6. The lowest BCUT2D eigenvalue weighted by Gasteiger charge is -2.34. The summed E-state index contributed by atoms with van der Waals surface area (Å²) in [5, 5.41) is 15.9. The van der Waals surface area contributed by atoms with E-state index < -0.39 is 0 Å². The highest BCUT2D eigenvalue weighted by atomic mass is 32.1. The molecule has 1 atom stereocenters. The van der Waals surface area contributed by atoms with Crippen molar-refractivity contribution >= 4 is 17.3 Å². The zero-order valence-electron chi connectivity index (χ0n) is 17.0. The number of guanidine groups is 1. The Morgan fingerprint density at radius 2 is 2.17 bits per heavy atom. The molecule has 2 aromatic heterocycles. The Morgan fingerprint density at radius 3 is 2.90 bits per heavy atom. The van der Waals surface area contributed by atoms with Crippen molar-refractivity contribution in [3.05, 3.63) is 58.5 Å². The van der Waals surface area contributed by atoms with E-state index in [0.29, 0.717) is 12.6 Å². The molecule has 1 aliphatic rings. The van der Waals surface area contributed by atoms with Crippen LogP contribution in [0, 0.1) is 0 Å². The van der Waals surface area contributed by atoms with Gasteiger partial charge in [0.15, 0.2) is 11.8 Å². The number of benzene rings is 1. The first-order valence-electron chi connectivity index (χ1n) is 10.1. The Morgan fingerprint density at radius 1 is 1.27 bits per heavy atom. The molecule has 8 nitrogen and oxygen atoms in total. The second-order valence-electron chi connectivity index (χ2n) is 7.02. The van der Waals surface area contributed by atoms with Crippen molar-refractivity contribution in [2.24, 2.45) is 4.99 Å². The van der Waals surface area contributed by atoms with E-state index in [0.717, 1.165) is 55.8 Å². The van der Waals surface area contributed by atoms with Crippen LogP contribution in [0.15, 0.2) is 53.1 Å². The fraction of sp³-hybridized carbons (Fsp3) is 0.381. The van der Waals surface area contributed by atoms with Crippen LogP contribution in [-0.2, 0) is 11.3 Å². The number of hydrogen-bond donors (Lipinski definition) is 3. The number of morpholine rings is 1. The quantitative estimate of drug-likeness (QED) is 0.397. The van der Waals surface area contributed by atoms with Crippen LogP contribution >= 0.6 is 11.3 Å². The average Bonchev–Trinajstić information content (AvgIpc) is 3.52. The molecule has 1 fully saturated rings. The molecule has 3 aromatic rings. The van der Waals surface area contributed by atoms with Crippen molar-refractivity contribution < 1.29 is 4.74 Å². The average molecular weight is 426 g/mol. The Balaban J connectivity index is 1.35. The molecule has 1 aromatic carbocycles. The molecule has 158 valence electrons. The van der Waals surface area contributed by atoms with Crippen molar-refractivity contribution in [1.82, 2.24) is 30.7 Å². The van der Waals surface area contributed by atoms with E-state index in [9.17, 15) is 0 Å². The zero-order valence-corrected chi connectivity index (χ0v) is 17.9. The van der Waals surface area contributed by atoms with E-state index in [2.05, 4.69) is 65.4 Å². The van der Waals surface area contributed by atoms with Gasteiger partial charge in [-0.1, -0.05) is 24.3 Å². The maximum atomic E-state index is 5.53. The third kappa shape index (κ3) is 5.24. The van der Waals surface area contributed by atoms with Crippen LogP contribution in [0.2, 0.25) is 0 Å². The molecule has 0 aliphatic carbocycles. The maximum Gasteiger partial charge on any atom is 0.191 e. The normalized spacial score (nSPS) is 16.4. The number of rotatable bonds is 7. The van der Waals surface area contributed by atoms with Crippen LogP contribution in [0.3, 0.4) is 0 Å². The van der Waals surface area contributed by atoms with Gasteiger partial charge in [-0.15, -0.1) is 11.3 Å². The molecular formula is C21H27N7OS. The van der Waals surface area contributed by atoms with Crippen molar-refractivity contribution in [2.45, 2.75) is 12.6 Å². The summed E-state index contributed by atoms with van der Waals surface area (Å²) < 4.78 is 5.53. The Kier molecular flexibility index (Phi) is 7.07. The number of aromatic nitrogens is 3. The molecule has 30 heavy (non-hydrogen) atoms. The topological polar surface area (TPSA) is 90.5 Å². The summed E-state index contributed by atoms with van der Waals surface area (Å²) in [5.74, 6) is 1.55. The Labute approximate surface area is 180 Å². The molecule has 0 spiro atoms. The molecular weight excluding hydrogens is 398 g/mol. The highest BCUT2D eigenvalue weighted by Gasteiger charge is 2.23. The number of hydrogen-bond acceptors (Lipinski definition) is 6. The van der Waals surface area contributed by atoms with Crippen LogP contribution in [0.4, 0.5) is 0 Å². The van der Waals surface area contributed by atoms with Gasteiger partial charge in [0.1, 0.15) is 6.33 Å². The van der Waals surface area contributed by atoms with Gasteiger partial charge in [0, 0.05) is 43.7 Å². The molecule has 0 saturated carbocycles. The van der Waals surface area contributed by atoms with Crippen LogP contribution in [0.1, 0.15) is 16.5 Å². The molecule has 9 heteroatoms. The van der Waals surface area contributed by atoms with E-state index in [1.165, 1.54) is 11.2 Å². The molecule has 3 N–H and O–H groups in total. The van der Waals surface area contributed by atoms with Crippen molar-refractivity contribution in [1.29, 1.82) is 0 Å². The van der Waals surface area contributed by atoms with Gasteiger partial charge in [-0.3, -0.25) is 15.0 Å². The third-order valence-electron chi connectivity index (χ3n) is 5.12. The van der Waals surface area contributed by atoms with Crippen LogP contribution in [0.5, 0.6) is 0 Å². The van der Waals surface area contributed by atoms with Gasteiger partial charge in [0.25, 0.3) is 0 Å². The summed E-state index contributed by atoms with van der Waals surface area (Å²) in [6.45, 7) is 4.93. The number of ether oxygens (including phenoxy) is 1. The minimum atomic E-state index is 0.308. The molecule has 1 saturated heterocycles. The summed E-state index contributed by atoms with van der Waals surface area (Å²) in [6, 6.07) is 12.9. The number of nitrogens with zero attached hydrogens (tertiary/aromatic N) is 4. The van der Waals surface area contributed by atoms with Crippen molar-refractivity contribution in [2.75, 3.05) is 39.9 Å². The molecule has 0 radical (unpaired) electrons. The smallest absolute Gasteiger partial charge is 0.191 e. The van der Waals surface area contributed by atoms with Crippen molar-refractivity contribution in [3.8, 4) is 11.4 Å².